The molecule has 0 bridgehead atoms. The van der Waals surface area contributed by atoms with E-state index >= 15 is 0 Å². The van der Waals surface area contributed by atoms with Crippen LogP contribution in [0.25, 0.3) is 0 Å². The molecule has 0 amide bonds. The third kappa shape index (κ3) is 5.03. The number of rotatable bonds is 6. The lowest BCUT2D eigenvalue weighted by Crippen LogP contribution is -2.38. The van der Waals surface area contributed by atoms with Crippen molar-refractivity contribution in [2.24, 2.45) is 5.92 Å². The maximum Gasteiger partial charge on any atom is 0.203 e. The molecule has 4 heteroatoms. The van der Waals surface area contributed by atoms with Gasteiger partial charge in [-0.25, -0.2) is 0 Å². The first-order valence-electron chi connectivity index (χ1n) is 5.85. The number of aliphatic hydroxyl groups is 1. The SMILES string of the molecule is CC(C)CC(C)(O)CNCc1ccc(C#N)o1. The van der Waals surface area contributed by atoms with Crippen LogP contribution in [0.5, 0.6) is 0 Å². The van der Waals surface area contributed by atoms with E-state index in [4.69, 9.17) is 9.68 Å². The number of nitrogens with one attached hydrogen (secondary N) is 1. The number of nitriles is 1. The number of furan rings is 1. The first-order chi connectivity index (χ1) is 7.93. The van der Waals surface area contributed by atoms with Gasteiger partial charge in [-0.1, -0.05) is 13.8 Å². The van der Waals surface area contributed by atoms with Crippen molar-refractivity contribution in [1.82, 2.24) is 5.32 Å². The minimum absolute atomic E-state index is 0.316. The van der Waals surface area contributed by atoms with Gasteiger partial charge in [-0.2, -0.15) is 5.26 Å². The molecule has 0 aromatic carbocycles. The van der Waals surface area contributed by atoms with Gasteiger partial charge in [0, 0.05) is 6.54 Å². The van der Waals surface area contributed by atoms with Crippen LogP contribution < -0.4 is 5.32 Å². The molecule has 1 rings (SSSR count). The van der Waals surface area contributed by atoms with Gasteiger partial charge in [0.1, 0.15) is 11.8 Å². The fourth-order valence-electron chi connectivity index (χ4n) is 1.94. The van der Waals surface area contributed by atoms with Gasteiger partial charge in [-0.15, -0.1) is 0 Å². The molecule has 1 atom stereocenters. The lowest BCUT2D eigenvalue weighted by Gasteiger charge is -2.25. The Bertz CT molecular complexity index is 388. The van der Waals surface area contributed by atoms with Crippen LogP contribution in [0, 0.1) is 17.2 Å². The Balaban J connectivity index is 2.35. The second kappa shape index (κ2) is 5.85. The van der Waals surface area contributed by atoms with Crippen molar-refractivity contribution >= 4 is 0 Å². The Labute approximate surface area is 102 Å². The zero-order chi connectivity index (χ0) is 12.9. The highest BCUT2D eigenvalue weighted by Crippen LogP contribution is 2.15. The molecular weight excluding hydrogens is 216 g/mol. The molecule has 0 aliphatic carbocycles. The fourth-order valence-corrected chi connectivity index (χ4v) is 1.94. The summed E-state index contributed by atoms with van der Waals surface area (Å²) in [6.07, 6.45) is 0.752. The van der Waals surface area contributed by atoms with Crippen LogP contribution in [0.1, 0.15) is 38.7 Å². The highest BCUT2D eigenvalue weighted by molar-refractivity contribution is 5.18. The molecule has 0 aliphatic heterocycles. The van der Waals surface area contributed by atoms with Crippen molar-refractivity contribution < 1.29 is 9.52 Å². The van der Waals surface area contributed by atoms with Crippen LogP contribution in [-0.2, 0) is 6.54 Å². The monoisotopic (exact) mass is 236 g/mol. The van der Waals surface area contributed by atoms with E-state index in [0.29, 0.717) is 30.5 Å². The molecular formula is C13H20N2O2. The fraction of sp³-hybridized carbons (Fsp3) is 0.615. The van der Waals surface area contributed by atoms with Crippen LogP contribution in [0.3, 0.4) is 0 Å². The zero-order valence-corrected chi connectivity index (χ0v) is 10.7. The number of hydrogen-bond acceptors (Lipinski definition) is 4. The Morgan fingerprint density at radius 2 is 2.24 bits per heavy atom. The van der Waals surface area contributed by atoms with E-state index in [-0.39, 0.29) is 0 Å². The summed E-state index contributed by atoms with van der Waals surface area (Å²) in [7, 11) is 0. The normalized spacial score (nSPS) is 14.6. The van der Waals surface area contributed by atoms with Gasteiger partial charge in [0.2, 0.25) is 5.76 Å². The third-order valence-corrected chi connectivity index (χ3v) is 2.42. The average Bonchev–Trinajstić information content (AvgIpc) is 2.63. The number of nitrogens with zero attached hydrogens (tertiary/aromatic N) is 1. The van der Waals surface area contributed by atoms with Gasteiger partial charge in [0.25, 0.3) is 0 Å². The van der Waals surface area contributed by atoms with Crippen LogP contribution in [0.4, 0.5) is 0 Å². The van der Waals surface area contributed by atoms with Crippen molar-refractivity contribution in [2.45, 2.75) is 39.3 Å². The highest BCUT2D eigenvalue weighted by atomic mass is 16.3. The Morgan fingerprint density at radius 1 is 1.53 bits per heavy atom. The molecule has 94 valence electrons. The minimum atomic E-state index is -0.710. The summed E-state index contributed by atoms with van der Waals surface area (Å²) in [4.78, 5) is 0. The van der Waals surface area contributed by atoms with Crippen LogP contribution in [0.2, 0.25) is 0 Å². The lowest BCUT2D eigenvalue weighted by molar-refractivity contribution is 0.0379. The molecule has 1 unspecified atom stereocenters. The van der Waals surface area contributed by atoms with E-state index in [2.05, 4.69) is 19.2 Å². The van der Waals surface area contributed by atoms with Gasteiger partial charge in [-0.3, -0.25) is 0 Å². The predicted molar refractivity (Wildman–Crippen MR) is 65.2 cm³/mol. The highest BCUT2D eigenvalue weighted by Gasteiger charge is 2.21. The molecule has 0 spiro atoms. The Kier molecular flexibility index (Phi) is 4.73. The maximum atomic E-state index is 10.1. The summed E-state index contributed by atoms with van der Waals surface area (Å²) in [6.45, 7) is 7.02. The van der Waals surface area contributed by atoms with Crippen molar-refractivity contribution in [2.75, 3.05) is 6.54 Å². The largest absolute Gasteiger partial charge is 0.449 e. The average molecular weight is 236 g/mol. The molecule has 0 aliphatic rings. The first kappa shape index (κ1) is 13.8. The number of hydrogen-bond donors (Lipinski definition) is 2. The molecule has 4 nitrogen and oxygen atoms in total. The molecule has 1 heterocycles. The Hall–Kier alpha value is -1.31. The van der Waals surface area contributed by atoms with Gasteiger partial charge in [0.05, 0.1) is 12.1 Å². The van der Waals surface area contributed by atoms with E-state index in [1.807, 2.05) is 13.0 Å². The van der Waals surface area contributed by atoms with Gasteiger partial charge in [-0.05, 0) is 31.4 Å². The van der Waals surface area contributed by atoms with Crippen molar-refractivity contribution in [3.63, 3.8) is 0 Å². The quantitative estimate of drug-likeness (QED) is 0.793. The summed E-state index contributed by atoms with van der Waals surface area (Å²) in [5.74, 6) is 1.48. The lowest BCUT2D eigenvalue weighted by atomic mass is 9.94. The van der Waals surface area contributed by atoms with Crippen molar-refractivity contribution in [1.29, 1.82) is 5.26 Å². The molecule has 0 saturated carbocycles. The smallest absolute Gasteiger partial charge is 0.203 e. The van der Waals surface area contributed by atoms with Gasteiger partial charge < -0.3 is 14.8 Å². The summed E-state index contributed by atoms with van der Waals surface area (Å²) in [5.41, 5.74) is -0.710. The standard InChI is InChI=1S/C13H20N2O2/c1-10(2)6-13(3,16)9-15-8-12-5-4-11(7-14)17-12/h4-5,10,15-16H,6,8-9H2,1-3H3. The molecule has 1 aromatic heterocycles. The molecule has 0 radical (unpaired) electrons. The van der Waals surface area contributed by atoms with E-state index in [0.717, 1.165) is 6.42 Å². The Morgan fingerprint density at radius 3 is 2.76 bits per heavy atom. The maximum absolute atomic E-state index is 10.1. The topological polar surface area (TPSA) is 69.2 Å². The molecule has 1 aromatic rings. The van der Waals surface area contributed by atoms with Crippen LogP contribution in [-0.4, -0.2) is 17.3 Å². The first-order valence-corrected chi connectivity index (χ1v) is 5.85. The molecule has 0 fully saturated rings. The van der Waals surface area contributed by atoms with Crippen LogP contribution in [0.15, 0.2) is 16.5 Å². The zero-order valence-electron chi connectivity index (χ0n) is 10.7. The van der Waals surface area contributed by atoms with Crippen molar-refractivity contribution in [3.05, 3.63) is 23.7 Å². The molecule has 2 N–H and O–H groups in total. The second-order valence-corrected chi connectivity index (χ2v) is 5.08. The summed E-state index contributed by atoms with van der Waals surface area (Å²) >= 11 is 0. The third-order valence-electron chi connectivity index (χ3n) is 2.42. The molecule has 0 saturated heterocycles. The van der Waals surface area contributed by atoms with Crippen LogP contribution >= 0.6 is 0 Å². The summed E-state index contributed by atoms with van der Waals surface area (Å²) in [6, 6.07) is 5.35. The molecule has 17 heavy (non-hydrogen) atoms. The van der Waals surface area contributed by atoms with Gasteiger partial charge in [0.15, 0.2) is 0 Å². The summed E-state index contributed by atoms with van der Waals surface area (Å²) in [5, 5.41) is 21.8. The van der Waals surface area contributed by atoms with Gasteiger partial charge >= 0.3 is 0 Å². The van der Waals surface area contributed by atoms with Crippen molar-refractivity contribution in [3.8, 4) is 6.07 Å². The minimum Gasteiger partial charge on any atom is -0.449 e. The second-order valence-electron chi connectivity index (χ2n) is 5.08. The van der Waals surface area contributed by atoms with E-state index in [1.165, 1.54) is 0 Å². The van der Waals surface area contributed by atoms with E-state index in [1.54, 1.807) is 12.1 Å². The van der Waals surface area contributed by atoms with E-state index < -0.39 is 5.60 Å². The summed E-state index contributed by atoms with van der Waals surface area (Å²) < 4.78 is 5.22. The predicted octanol–water partition coefficient (Wildman–Crippen LogP) is 2.04. The van der Waals surface area contributed by atoms with E-state index in [9.17, 15) is 5.11 Å².